The van der Waals surface area contributed by atoms with Gasteiger partial charge in [-0.25, -0.2) is 4.39 Å². The molecule has 0 fully saturated rings. The molecule has 0 bridgehead atoms. The fourth-order valence-electron chi connectivity index (χ4n) is 3.24. The molecular weight excluding hydrogens is 335 g/mol. The first-order valence-corrected chi connectivity index (χ1v) is 7.90. The van der Waals surface area contributed by atoms with Gasteiger partial charge in [0, 0.05) is 30.3 Å². The lowest BCUT2D eigenvalue weighted by molar-refractivity contribution is 0.322. The molecule has 4 aromatic rings. The monoisotopic (exact) mass is 350 g/mol. The summed E-state index contributed by atoms with van der Waals surface area (Å²) in [5.74, 6) is -0.719. The van der Waals surface area contributed by atoms with Crippen LogP contribution < -0.4 is 0 Å². The number of nitrogens with zero attached hydrogens (tertiary/aromatic N) is 4. The van der Waals surface area contributed by atoms with Crippen LogP contribution in [0.3, 0.4) is 0 Å². The molecule has 7 heteroatoms. The maximum absolute atomic E-state index is 14.7. The van der Waals surface area contributed by atoms with E-state index in [1.54, 1.807) is 28.6 Å². The molecule has 0 aliphatic heterocycles. The van der Waals surface area contributed by atoms with Gasteiger partial charge in [-0.05, 0) is 24.3 Å². The van der Waals surface area contributed by atoms with Crippen molar-refractivity contribution in [2.45, 2.75) is 0 Å². The van der Waals surface area contributed by atoms with E-state index in [0.717, 1.165) is 22.7 Å². The second-order valence-corrected chi connectivity index (χ2v) is 5.84. The Hall–Kier alpha value is -3.61. The highest BCUT2D eigenvalue weighted by Crippen LogP contribution is 2.36. The third kappa shape index (κ3) is 2.33. The Balaban J connectivity index is 2.19. The van der Waals surface area contributed by atoms with Crippen LogP contribution >= 0.6 is 0 Å². The molecule has 2 aromatic carbocycles. The average Bonchev–Trinajstić information content (AvgIpc) is 3.17. The number of hydrogen-bond acceptors (Lipinski definition) is 4. The molecule has 0 radical (unpaired) electrons. The molecule has 0 unspecified atom stereocenters. The summed E-state index contributed by atoms with van der Waals surface area (Å²) in [5.41, 5.74) is 3.01. The number of aryl methyl sites for hydroxylation is 1. The Labute approximate surface area is 148 Å². The van der Waals surface area contributed by atoms with Crippen LogP contribution in [-0.4, -0.2) is 30.9 Å². The second-order valence-electron chi connectivity index (χ2n) is 5.84. The van der Waals surface area contributed by atoms with Crippen molar-refractivity contribution in [3.8, 4) is 22.8 Å². The zero-order valence-electron chi connectivity index (χ0n) is 13.8. The molecule has 0 aliphatic rings. The van der Waals surface area contributed by atoms with E-state index in [4.69, 9.17) is 0 Å². The SMILES string of the molecule is Cn1nccc1-c1c(/C=N/O)c2ccccc2n1-c1ccc(O)cc1F. The molecule has 0 spiro atoms. The van der Waals surface area contributed by atoms with Crippen molar-refractivity contribution < 1.29 is 14.7 Å². The predicted octanol–water partition coefficient (Wildman–Crippen LogP) is 3.68. The maximum atomic E-state index is 14.7. The van der Waals surface area contributed by atoms with Crippen molar-refractivity contribution in [3.63, 3.8) is 0 Å². The number of phenolic OH excluding ortho intramolecular Hbond substituents is 1. The topological polar surface area (TPSA) is 75.6 Å². The van der Waals surface area contributed by atoms with Crippen molar-refractivity contribution in [2.24, 2.45) is 12.2 Å². The normalized spacial score (nSPS) is 11.6. The summed E-state index contributed by atoms with van der Waals surface area (Å²) >= 11 is 0. The molecule has 0 saturated heterocycles. The Morgan fingerprint density at radius 1 is 1.15 bits per heavy atom. The summed E-state index contributed by atoms with van der Waals surface area (Å²) in [6.07, 6.45) is 2.98. The van der Waals surface area contributed by atoms with Gasteiger partial charge in [0.25, 0.3) is 0 Å². The molecule has 26 heavy (non-hydrogen) atoms. The zero-order chi connectivity index (χ0) is 18.3. The van der Waals surface area contributed by atoms with Crippen LogP contribution in [0.5, 0.6) is 5.75 Å². The molecule has 2 N–H and O–H groups in total. The standard InChI is InChI=1S/C19H15FN4O2/c1-23-18(8-9-21-23)19-14(11-22-26)13-4-2-3-5-16(13)24(19)17-7-6-12(25)10-15(17)20/h2-11,25-26H,1H3/b22-11+. The lowest BCUT2D eigenvalue weighted by Gasteiger charge is -2.13. The third-order valence-electron chi connectivity index (χ3n) is 4.34. The summed E-state index contributed by atoms with van der Waals surface area (Å²) in [7, 11) is 1.78. The molecule has 6 nitrogen and oxygen atoms in total. The first-order valence-electron chi connectivity index (χ1n) is 7.90. The number of rotatable bonds is 3. The van der Waals surface area contributed by atoms with Gasteiger partial charge in [0.15, 0.2) is 5.82 Å². The average molecular weight is 350 g/mol. The highest BCUT2D eigenvalue weighted by atomic mass is 19.1. The number of benzene rings is 2. The number of aromatic hydroxyl groups is 1. The predicted molar refractivity (Wildman–Crippen MR) is 96.5 cm³/mol. The quantitative estimate of drug-likeness (QED) is 0.336. The van der Waals surface area contributed by atoms with Crippen molar-refractivity contribution in [2.75, 3.05) is 0 Å². The molecule has 0 amide bonds. The van der Waals surface area contributed by atoms with Crippen molar-refractivity contribution >= 4 is 17.1 Å². The molecule has 2 heterocycles. The van der Waals surface area contributed by atoms with Gasteiger partial charge >= 0.3 is 0 Å². The first-order chi connectivity index (χ1) is 12.6. The van der Waals surface area contributed by atoms with Crippen molar-refractivity contribution in [1.29, 1.82) is 0 Å². The summed E-state index contributed by atoms with van der Waals surface area (Å²) < 4.78 is 18.1. The Kier molecular flexibility index (Phi) is 3.69. The Morgan fingerprint density at radius 3 is 2.65 bits per heavy atom. The summed E-state index contributed by atoms with van der Waals surface area (Å²) in [5, 5.41) is 26.9. The maximum Gasteiger partial charge on any atom is 0.150 e. The van der Waals surface area contributed by atoms with Crippen LogP contribution in [0, 0.1) is 5.82 Å². The van der Waals surface area contributed by atoms with E-state index < -0.39 is 5.82 Å². The van der Waals surface area contributed by atoms with Gasteiger partial charge in [-0.1, -0.05) is 23.4 Å². The van der Waals surface area contributed by atoms with Crippen LogP contribution in [0.15, 0.2) is 59.9 Å². The number of phenols is 1. The Morgan fingerprint density at radius 2 is 1.96 bits per heavy atom. The smallest absolute Gasteiger partial charge is 0.150 e. The minimum atomic E-state index is -0.568. The zero-order valence-corrected chi connectivity index (χ0v) is 13.8. The van der Waals surface area contributed by atoms with E-state index in [1.807, 2.05) is 24.3 Å². The molecular formula is C19H15FN4O2. The number of fused-ring (bicyclic) bond motifs is 1. The number of hydrogen-bond donors (Lipinski definition) is 2. The first kappa shape index (κ1) is 15.9. The van der Waals surface area contributed by atoms with Crippen LogP contribution in [0.1, 0.15) is 5.56 Å². The second kappa shape index (κ2) is 6.03. The summed E-state index contributed by atoms with van der Waals surface area (Å²) in [6.45, 7) is 0. The Bertz CT molecular complexity index is 1140. The van der Waals surface area contributed by atoms with Gasteiger partial charge in [0.2, 0.25) is 0 Å². The van der Waals surface area contributed by atoms with Gasteiger partial charge < -0.3 is 14.9 Å². The number of oxime groups is 1. The lowest BCUT2D eigenvalue weighted by Crippen LogP contribution is -2.04. The molecule has 0 aliphatic carbocycles. The van der Waals surface area contributed by atoms with Crippen LogP contribution in [-0.2, 0) is 7.05 Å². The van der Waals surface area contributed by atoms with E-state index in [1.165, 1.54) is 18.3 Å². The van der Waals surface area contributed by atoms with Gasteiger partial charge in [0.05, 0.1) is 28.8 Å². The van der Waals surface area contributed by atoms with Gasteiger partial charge in [-0.15, -0.1) is 0 Å². The highest BCUT2D eigenvalue weighted by molar-refractivity contribution is 6.07. The number of aromatic nitrogens is 3. The van der Waals surface area contributed by atoms with Crippen LogP contribution in [0.4, 0.5) is 4.39 Å². The minimum Gasteiger partial charge on any atom is -0.508 e. The fraction of sp³-hybridized carbons (Fsp3) is 0.0526. The molecule has 4 rings (SSSR count). The fourth-order valence-corrected chi connectivity index (χ4v) is 3.24. The number of halogens is 1. The summed E-state index contributed by atoms with van der Waals surface area (Å²) in [6, 6.07) is 13.3. The molecule has 2 aromatic heterocycles. The van der Waals surface area contributed by atoms with Crippen molar-refractivity contribution in [3.05, 3.63) is 66.1 Å². The highest BCUT2D eigenvalue weighted by Gasteiger charge is 2.22. The van der Waals surface area contributed by atoms with E-state index >= 15 is 0 Å². The van der Waals surface area contributed by atoms with Crippen LogP contribution in [0.25, 0.3) is 28.0 Å². The van der Waals surface area contributed by atoms with Gasteiger partial charge in [-0.3, -0.25) is 4.68 Å². The largest absolute Gasteiger partial charge is 0.508 e. The number of para-hydroxylation sites is 1. The van der Waals surface area contributed by atoms with Crippen LogP contribution in [0.2, 0.25) is 0 Å². The van der Waals surface area contributed by atoms with E-state index in [0.29, 0.717) is 11.3 Å². The lowest BCUT2D eigenvalue weighted by atomic mass is 10.1. The van der Waals surface area contributed by atoms with E-state index in [-0.39, 0.29) is 11.4 Å². The minimum absolute atomic E-state index is 0.151. The van der Waals surface area contributed by atoms with E-state index in [2.05, 4.69) is 10.3 Å². The molecule has 0 atom stereocenters. The van der Waals surface area contributed by atoms with E-state index in [9.17, 15) is 14.7 Å². The molecule has 130 valence electrons. The third-order valence-corrected chi connectivity index (χ3v) is 4.34. The van der Waals surface area contributed by atoms with Gasteiger partial charge in [-0.2, -0.15) is 5.10 Å². The van der Waals surface area contributed by atoms with Gasteiger partial charge in [0.1, 0.15) is 5.75 Å². The summed E-state index contributed by atoms with van der Waals surface area (Å²) in [4.78, 5) is 0. The molecule has 0 saturated carbocycles. The van der Waals surface area contributed by atoms with Crippen molar-refractivity contribution in [1.82, 2.24) is 14.3 Å².